The van der Waals surface area contributed by atoms with Gasteiger partial charge in [-0.25, -0.2) is 4.98 Å². The number of pyridine rings is 1. The molecule has 0 radical (unpaired) electrons. The third-order valence-corrected chi connectivity index (χ3v) is 2.86. The van der Waals surface area contributed by atoms with Crippen molar-refractivity contribution < 1.29 is 15.0 Å². The molecule has 11 nitrogen and oxygen atoms in total. The van der Waals surface area contributed by atoms with E-state index in [9.17, 15) is 25.3 Å². The minimum Gasteiger partial charge on any atom is -0.504 e. The number of hydrogen-bond acceptors (Lipinski definition) is 9. The van der Waals surface area contributed by atoms with Gasteiger partial charge in [-0.05, 0) is 12.1 Å². The van der Waals surface area contributed by atoms with Gasteiger partial charge < -0.3 is 10.8 Å². The molecule has 0 unspecified atom stereocenters. The maximum Gasteiger partial charge on any atom is 0.305 e. The Labute approximate surface area is 132 Å². The number of nitrogens with two attached hydrogens (primary N) is 1. The van der Waals surface area contributed by atoms with Gasteiger partial charge in [0.05, 0.1) is 20.9 Å². The van der Waals surface area contributed by atoms with Crippen LogP contribution in [0.2, 0.25) is 5.02 Å². The number of halogens is 1. The van der Waals surface area contributed by atoms with E-state index in [2.05, 4.69) is 15.2 Å². The van der Waals surface area contributed by atoms with Gasteiger partial charge in [0, 0.05) is 6.07 Å². The van der Waals surface area contributed by atoms with E-state index < -0.39 is 21.2 Å². The molecule has 1 aromatic heterocycles. The van der Waals surface area contributed by atoms with Gasteiger partial charge in [0.15, 0.2) is 23.1 Å². The molecule has 0 saturated heterocycles. The summed E-state index contributed by atoms with van der Waals surface area (Å²) in [7, 11) is 0. The first-order chi connectivity index (χ1) is 10.8. The van der Waals surface area contributed by atoms with E-state index in [1.54, 1.807) is 0 Å². The number of rotatable bonds is 4. The van der Waals surface area contributed by atoms with Gasteiger partial charge >= 0.3 is 5.69 Å². The second-order valence-electron chi connectivity index (χ2n) is 4.08. The molecule has 0 fully saturated rings. The second kappa shape index (κ2) is 6.19. The van der Waals surface area contributed by atoms with Crippen molar-refractivity contribution in [2.24, 2.45) is 10.2 Å². The molecule has 1 aromatic carbocycles. The molecule has 3 N–H and O–H groups in total. The summed E-state index contributed by atoms with van der Waals surface area (Å²) >= 11 is 5.80. The van der Waals surface area contributed by atoms with Gasteiger partial charge in [-0.2, -0.15) is 0 Å². The Morgan fingerprint density at radius 3 is 2.43 bits per heavy atom. The van der Waals surface area contributed by atoms with Crippen molar-refractivity contribution in [3.05, 3.63) is 49.5 Å². The lowest BCUT2D eigenvalue weighted by atomic mass is 10.2. The number of non-ortho nitro benzene ring substituents is 1. The number of hydrogen-bond donors (Lipinski definition) is 2. The molecular weight excluding hydrogens is 332 g/mol. The van der Waals surface area contributed by atoms with Crippen molar-refractivity contribution in [2.75, 3.05) is 5.73 Å². The van der Waals surface area contributed by atoms with Crippen LogP contribution in [0.5, 0.6) is 5.75 Å². The molecule has 0 aliphatic rings. The number of anilines is 1. The lowest BCUT2D eigenvalue weighted by Crippen LogP contribution is -1.93. The molecule has 2 aromatic rings. The molecular formula is C11H7ClN6O5. The zero-order valence-corrected chi connectivity index (χ0v) is 11.8. The minimum absolute atomic E-state index is 0.0379. The first-order valence-corrected chi connectivity index (χ1v) is 6.17. The summed E-state index contributed by atoms with van der Waals surface area (Å²) in [5.41, 5.74) is 3.78. The van der Waals surface area contributed by atoms with Gasteiger partial charge in [0.1, 0.15) is 0 Å². The van der Waals surface area contributed by atoms with Crippen LogP contribution < -0.4 is 5.73 Å². The summed E-state index contributed by atoms with van der Waals surface area (Å²) < 4.78 is 0. The number of nitrogens with zero attached hydrogens (tertiary/aromatic N) is 5. The van der Waals surface area contributed by atoms with Crippen LogP contribution >= 0.6 is 11.6 Å². The molecule has 0 aliphatic heterocycles. The number of aromatic hydroxyl groups is 1. The van der Waals surface area contributed by atoms with Crippen molar-refractivity contribution in [1.82, 2.24) is 4.98 Å². The van der Waals surface area contributed by atoms with Gasteiger partial charge in [-0.3, -0.25) is 20.2 Å². The Hall–Kier alpha value is -3.34. The van der Waals surface area contributed by atoms with Crippen molar-refractivity contribution in [1.29, 1.82) is 0 Å². The van der Waals surface area contributed by atoms with Crippen molar-refractivity contribution >= 4 is 40.3 Å². The Bertz CT molecular complexity index is 840. The Kier molecular flexibility index (Phi) is 4.32. The van der Waals surface area contributed by atoms with E-state index in [1.165, 1.54) is 12.1 Å². The standard InChI is InChI=1S/C11H7ClN6O5/c12-6-3-5(17(20)21)4-7(18(22)23)10(6)16-15-9-2-1-8(19)11(13)14-9/h1-4,19H,(H2,13,14). The van der Waals surface area contributed by atoms with E-state index in [-0.39, 0.29) is 28.1 Å². The van der Waals surface area contributed by atoms with Crippen molar-refractivity contribution in [3.63, 3.8) is 0 Å². The first kappa shape index (κ1) is 16.0. The topological polar surface area (TPSA) is 170 Å². The summed E-state index contributed by atoms with van der Waals surface area (Å²) in [6.07, 6.45) is 0. The summed E-state index contributed by atoms with van der Waals surface area (Å²) in [6.45, 7) is 0. The lowest BCUT2D eigenvalue weighted by molar-refractivity contribution is -0.393. The zero-order valence-electron chi connectivity index (χ0n) is 11.1. The van der Waals surface area contributed by atoms with Gasteiger partial charge in [-0.15, -0.1) is 10.2 Å². The molecule has 118 valence electrons. The molecule has 1 heterocycles. The molecule has 0 saturated carbocycles. The van der Waals surface area contributed by atoms with E-state index >= 15 is 0 Å². The summed E-state index contributed by atoms with van der Waals surface area (Å²) in [4.78, 5) is 23.7. The predicted octanol–water partition coefficient (Wildman–Crippen LogP) is 3.25. The number of benzene rings is 1. The average molecular weight is 339 g/mol. The quantitative estimate of drug-likeness (QED) is 0.489. The molecule has 0 atom stereocenters. The Balaban J connectivity index is 2.49. The molecule has 0 bridgehead atoms. The van der Waals surface area contributed by atoms with Gasteiger partial charge in [-0.1, -0.05) is 11.6 Å². The molecule has 23 heavy (non-hydrogen) atoms. The highest BCUT2D eigenvalue weighted by Crippen LogP contribution is 2.39. The number of nitrogen functional groups attached to an aromatic ring is 1. The first-order valence-electron chi connectivity index (χ1n) is 5.79. The lowest BCUT2D eigenvalue weighted by Gasteiger charge is -2.00. The summed E-state index contributed by atoms with van der Waals surface area (Å²) in [5.74, 6) is -0.502. The molecule has 12 heteroatoms. The monoisotopic (exact) mass is 338 g/mol. The zero-order chi connectivity index (χ0) is 17.1. The van der Waals surface area contributed by atoms with Crippen LogP contribution in [0, 0.1) is 20.2 Å². The number of azo groups is 1. The highest BCUT2D eigenvalue weighted by molar-refractivity contribution is 6.33. The van der Waals surface area contributed by atoms with Gasteiger partial charge in [0.2, 0.25) is 0 Å². The fourth-order valence-electron chi connectivity index (χ4n) is 1.53. The van der Waals surface area contributed by atoms with Crippen LogP contribution in [0.25, 0.3) is 0 Å². The minimum atomic E-state index is -0.869. The van der Waals surface area contributed by atoms with Crippen LogP contribution in [0.4, 0.5) is 28.7 Å². The maximum absolute atomic E-state index is 11.0. The van der Waals surface area contributed by atoms with Crippen molar-refractivity contribution in [2.45, 2.75) is 0 Å². The van der Waals surface area contributed by atoms with Crippen LogP contribution in [-0.4, -0.2) is 19.9 Å². The largest absolute Gasteiger partial charge is 0.504 e. The normalized spacial score (nSPS) is 10.8. The second-order valence-corrected chi connectivity index (χ2v) is 4.49. The third-order valence-electron chi connectivity index (χ3n) is 2.58. The van der Waals surface area contributed by atoms with E-state index in [4.69, 9.17) is 17.3 Å². The highest BCUT2D eigenvalue weighted by Gasteiger charge is 2.23. The van der Waals surface area contributed by atoms with Crippen LogP contribution in [0.3, 0.4) is 0 Å². The van der Waals surface area contributed by atoms with Crippen molar-refractivity contribution in [3.8, 4) is 5.75 Å². The highest BCUT2D eigenvalue weighted by atomic mass is 35.5. The average Bonchev–Trinajstić information content (AvgIpc) is 2.48. The smallest absolute Gasteiger partial charge is 0.305 e. The SMILES string of the molecule is Nc1nc(N=Nc2c(Cl)cc([N+](=O)[O-])cc2[N+](=O)[O-])ccc1O. The molecule has 2 rings (SSSR count). The molecule has 0 spiro atoms. The van der Waals surface area contributed by atoms with E-state index in [0.717, 1.165) is 12.1 Å². The van der Waals surface area contributed by atoms with E-state index in [0.29, 0.717) is 0 Å². The van der Waals surface area contributed by atoms with Crippen LogP contribution in [-0.2, 0) is 0 Å². The Morgan fingerprint density at radius 2 is 1.87 bits per heavy atom. The Morgan fingerprint density at radius 1 is 1.17 bits per heavy atom. The number of nitro groups is 2. The molecule has 0 amide bonds. The van der Waals surface area contributed by atoms with Gasteiger partial charge in [0.25, 0.3) is 5.69 Å². The third kappa shape index (κ3) is 3.47. The predicted molar refractivity (Wildman–Crippen MR) is 79.3 cm³/mol. The van der Waals surface area contributed by atoms with E-state index in [1.807, 2.05) is 0 Å². The fourth-order valence-corrected chi connectivity index (χ4v) is 1.77. The number of aromatic nitrogens is 1. The van der Waals surface area contributed by atoms with Crippen LogP contribution in [0.15, 0.2) is 34.5 Å². The summed E-state index contributed by atoms with van der Waals surface area (Å²) in [6, 6.07) is 4.11. The fraction of sp³-hybridized carbons (Fsp3) is 0. The maximum atomic E-state index is 11.0. The summed E-state index contributed by atoms with van der Waals surface area (Å²) in [5, 5.41) is 37.9. The number of nitro benzene ring substituents is 2. The molecule has 0 aliphatic carbocycles. The van der Waals surface area contributed by atoms with Crippen LogP contribution in [0.1, 0.15) is 0 Å².